The average Bonchev–Trinajstić information content (AvgIpc) is 2.24. The van der Waals surface area contributed by atoms with Crippen molar-refractivity contribution in [2.75, 3.05) is 0 Å². The van der Waals surface area contributed by atoms with E-state index in [0.29, 0.717) is 17.9 Å². The lowest BCUT2D eigenvalue weighted by molar-refractivity contribution is -0.127. The van der Waals surface area contributed by atoms with Crippen molar-refractivity contribution in [1.29, 1.82) is 0 Å². The Balaban J connectivity index is 2.55. The molecule has 1 aliphatic carbocycles. The minimum atomic E-state index is -0.713. The lowest BCUT2D eigenvalue weighted by Crippen LogP contribution is -2.56. The van der Waals surface area contributed by atoms with Gasteiger partial charge in [-0.15, -0.1) is 0 Å². The summed E-state index contributed by atoms with van der Waals surface area (Å²) in [6, 6.07) is 0.311. The summed E-state index contributed by atoms with van der Waals surface area (Å²) < 4.78 is 0. The highest BCUT2D eigenvalue weighted by Crippen LogP contribution is 2.29. The van der Waals surface area contributed by atoms with E-state index in [1.54, 1.807) is 0 Å². The van der Waals surface area contributed by atoms with Crippen molar-refractivity contribution in [3.8, 4) is 0 Å². The molecule has 1 saturated carbocycles. The van der Waals surface area contributed by atoms with Crippen molar-refractivity contribution in [3.63, 3.8) is 0 Å². The monoisotopic (exact) mass is 240 g/mol. The number of nitrogens with two attached hydrogens (primary N) is 1. The lowest BCUT2D eigenvalue weighted by Gasteiger charge is -2.36. The van der Waals surface area contributed by atoms with Crippen LogP contribution < -0.4 is 11.1 Å². The fourth-order valence-electron chi connectivity index (χ4n) is 2.75. The second kappa shape index (κ2) is 5.85. The van der Waals surface area contributed by atoms with Crippen LogP contribution in [-0.2, 0) is 4.79 Å². The zero-order valence-electron chi connectivity index (χ0n) is 11.8. The molecule has 0 aromatic rings. The Kier molecular flexibility index (Phi) is 4.99. The van der Waals surface area contributed by atoms with Crippen molar-refractivity contribution in [3.05, 3.63) is 0 Å². The molecule has 0 aromatic carbocycles. The van der Waals surface area contributed by atoms with Crippen LogP contribution in [-0.4, -0.2) is 17.5 Å². The summed E-state index contributed by atoms with van der Waals surface area (Å²) in [5, 5.41) is 3.16. The molecular weight excluding hydrogens is 212 g/mol. The van der Waals surface area contributed by atoms with Crippen molar-refractivity contribution in [1.82, 2.24) is 5.32 Å². The number of nitrogens with one attached hydrogen (secondary N) is 1. The Bertz CT molecular complexity index is 263. The molecule has 1 rings (SSSR count). The molecule has 0 aromatic heterocycles. The predicted octanol–water partition coefficient (Wildman–Crippen LogP) is 2.44. The first-order valence-electron chi connectivity index (χ1n) is 6.98. The standard InChI is InChI=1S/C14H28N2O/c1-5-9-14(4,15)13(17)16-12-8-6-7-10(2)11(12)3/h10-12H,5-9,15H2,1-4H3,(H,16,17). The van der Waals surface area contributed by atoms with E-state index in [0.717, 1.165) is 19.3 Å². The van der Waals surface area contributed by atoms with Gasteiger partial charge in [0.05, 0.1) is 5.54 Å². The summed E-state index contributed by atoms with van der Waals surface area (Å²) >= 11 is 0. The second-order valence-electron chi connectivity index (χ2n) is 6.01. The molecule has 3 nitrogen and oxygen atoms in total. The molecule has 4 unspecified atom stereocenters. The van der Waals surface area contributed by atoms with E-state index in [2.05, 4.69) is 26.1 Å². The SMILES string of the molecule is CCCC(C)(N)C(=O)NC1CCCC(C)C1C. The minimum Gasteiger partial charge on any atom is -0.352 e. The number of hydrogen-bond acceptors (Lipinski definition) is 2. The quantitative estimate of drug-likeness (QED) is 0.793. The second-order valence-corrected chi connectivity index (χ2v) is 6.01. The van der Waals surface area contributed by atoms with Gasteiger partial charge in [-0.2, -0.15) is 0 Å². The molecule has 0 heterocycles. The van der Waals surface area contributed by atoms with Crippen LogP contribution in [0.15, 0.2) is 0 Å². The summed E-state index contributed by atoms with van der Waals surface area (Å²) in [5.41, 5.74) is 5.34. The number of carbonyl (C=O) groups is 1. The smallest absolute Gasteiger partial charge is 0.240 e. The molecule has 1 fully saturated rings. The maximum absolute atomic E-state index is 12.1. The first-order chi connectivity index (χ1) is 7.88. The van der Waals surface area contributed by atoms with Crippen molar-refractivity contribution in [2.45, 2.75) is 71.4 Å². The van der Waals surface area contributed by atoms with Gasteiger partial charge >= 0.3 is 0 Å². The molecular formula is C14H28N2O. The molecule has 4 atom stereocenters. The van der Waals surface area contributed by atoms with E-state index in [1.165, 1.54) is 12.8 Å². The number of hydrogen-bond donors (Lipinski definition) is 2. The Morgan fingerprint density at radius 1 is 1.41 bits per heavy atom. The third kappa shape index (κ3) is 3.70. The van der Waals surface area contributed by atoms with E-state index >= 15 is 0 Å². The van der Waals surface area contributed by atoms with E-state index in [9.17, 15) is 4.79 Å². The van der Waals surface area contributed by atoms with Gasteiger partial charge in [-0.1, -0.05) is 40.0 Å². The van der Waals surface area contributed by atoms with Crippen LogP contribution in [0.1, 0.15) is 59.8 Å². The molecule has 0 bridgehead atoms. The van der Waals surface area contributed by atoms with Gasteiger partial charge in [0.25, 0.3) is 0 Å². The van der Waals surface area contributed by atoms with Crippen molar-refractivity contribution >= 4 is 5.91 Å². The van der Waals surface area contributed by atoms with Crippen LogP contribution in [0.2, 0.25) is 0 Å². The number of rotatable bonds is 4. The molecule has 1 amide bonds. The van der Waals surface area contributed by atoms with Crippen LogP contribution in [0.5, 0.6) is 0 Å². The molecule has 100 valence electrons. The van der Waals surface area contributed by atoms with Gasteiger partial charge in [0.1, 0.15) is 0 Å². The van der Waals surface area contributed by atoms with E-state index in [-0.39, 0.29) is 5.91 Å². The summed E-state index contributed by atoms with van der Waals surface area (Å²) in [4.78, 5) is 12.1. The summed E-state index contributed by atoms with van der Waals surface area (Å²) in [5.74, 6) is 1.28. The first kappa shape index (κ1) is 14.5. The van der Waals surface area contributed by atoms with Crippen LogP contribution in [0.25, 0.3) is 0 Å². The third-order valence-electron chi connectivity index (χ3n) is 4.31. The normalized spacial score (nSPS) is 32.9. The van der Waals surface area contributed by atoms with Gasteiger partial charge in [0.2, 0.25) is 5.91 Å². The number of carbonyl (C=O) groups excluding carboxylic acids is 1. The molecule has 0 saturated heterocycles. The van der Waals surface area contributed by atoms with Gasteiger partial charge in [-0.3, -0.25) is 4.79 Å². The summed E-state index contributed by atoms with van der Waals surface area (Å²) in [7, 11) is 0. The van der Waals surface area contributed by atoms with Crippen LogP contribution in [0.4, 0.5) is 0 Å². The third-order valence-corrected chi connectivity index (χ3v) is 4.31. The highest BCUT2D eigenvalue weighted by molar-refractivity contribution is 5.85. The van der Waals surface area contributed by atoms with Crippen LogP contribution in [0, 0.1) is 11.8 Å². The minimum absolute atomic E-state index is 0.0188. The Morgan fingerprint density at radius 3 is 2.65 bits per heavy atom. The molecule has 1 aliphatic rings. The molecule has 3 N–H and O–H groups in total. The molecule has 0 radical (unpaired) electrons. The Labute approximate surface area is 106 Å². The van der Waals surface area contributed by atoms with E-state index in [4.69, 9.17) is 5.73 Å². The van der Waals surface area contributed by atoms with Gasteiger partial charge in [-0.25, -0.2) is 0 Å². The zero-order chi connectivity index (χ0) is 13.1. The molecule has 0 aliphatic heterocycles. The Morgan fingerprint density at radius 2 is 2.06 bits per heavy atom. The maximum atomic E-state index is 12.1. The van der Waals surface area contributed by atoms with Crippen LogP contribution >= 0.6 is 0 Å². The first-order valence-corrected chi connectivity index (χ1v) is 6.98. The summed E-state index contributed by atoms with van der Waals surface area (Å²) in [6.45, 7) is 8.41. The van der Waals surface area contributed by atoms with E-state index in [1.807, 2.05) is 6.92 Å². The maximum Gasteiger partial charge on any atom is 0.240 e. The van der Waals surface area contributed by atoms with Gasteiger partial charge in [-0.05, 0) is 31.6 Å². The molecule has 0 spiro atoms. The highest BCUT2D eigenvalue weighted by Gasteiger charge is 2.33. The fourth-order valence-corrected chi connectivity index (χ4v) is 2.75. The lowest BCUT2D eigenvalue weighted by atomic mass is 9.77. The zero-order valence-corrected chi connectivity index (χ0v) is 11.8. The van der Waals surface area contributed by atoms with Crippen molar-refractivity contribution in [2.24, 2.45) is 17.6 Å². The largest absolute Gasteiger partial charge is 0.352 e. The fraction of sp³-hybridized carbons (Fsp3) is 0.929. The summed E-state index contributed by atoms with van der Waals surface area (Å²) in [6.07, 6.45) is 5.28. The molecule has 17 heavy (non-hydrogen) atoms. The van der Waals surface area contributed by atoms with Gasteiger partial charge in [0.15, 0.2) is 0 Å². The van der Waals surface area contributed by atoms with Crippen molar-refractivity contribution < 1.29 is 4.79 Å². The predicted molar refractivity (Wildman–Crippen MR) is 71.6 cm³/mol. The number of amides is 1. The average molecular weight is 240 g/mol. The van der Waals surface area contributed by atoms with Gasteiger partial charge < -0.3 is 11.1 Å². The Hall–Kier alpha value is -0.570. The topological polar surface area (TPSA) is 55.1 Å². The highest BCUT2D eigenvalue weighted by atomic mass is 16.2. The van der Waals surface area contributed by atoms with E-state index < -0.39 is 5.54 Å². The van der Waals surface area contributed by atoms with Crippen LogP contribution in [0.3, 0.4) is 0 Å². The van der Waals surface area contributed by atoms with Gasteiger partial charge in [0, 0.05) is 6.04 Å². The molecule has 3 heteroatoms.